The van der Waals surface area contributed by atoms with Crippen molar-refractivity contribution in [1.29, 1.82) is 5.26 Å². The highest BCUT2D eigenvalue weighted by Crippen LogP contribution is 2.01. The van der Waals surface area contributed by atoms with Crippen molar-refractivity contribution in [2.45, 2.75) is 19.3 Å². The van der Waals surface area contributed by atoms with Crippen molar-refractivity contribution in [1.82, 2.24) is 5.01 Å². The molecule has 0 amide bonds. The van der Waals surface area contributed by atoms with Crippen LogP contribution in [0.5, 0.6) is 0 Å². The van der Waals surface area contributed by atoms with E-state index in [1.807, 2.05) is 11.2 Å². The van der Waals surface area contributed by atoms with E-state index in [4.69, 9.17) is 5.26 Å². The molecule has 1 aliphatic heterocycles. The maximum Gasteiger partial charge on any atom is 0.0622 e. The van der Waals surface area contributed by atoms with Gasteiger partial charge in [-0.1, -0.05) is 0 Å². The zero-order valence-electron chi connectivity index (χ0n) is 5.95. The second kappa shape index (κ2) is 3.89. The van der Waals surface area contributed by atoms with Crippen LogP contribution in [0.25, 0.3) is 0 Å². The van der Waals surface area contributed by atoms with Gasteiger partial charge < -0.3 is 0 Å². The van der Waals surface area contributed by atoms with Gasteiger partial charge in [-0.3, -0.25) is 5.01 Å². The number of hydrazone groups is 1. The molecule has 10 heavy (non-hydrogen) atoms. The molecule has 0 bridgehead atoms. The first kappa shape index (κ1) is 7.07. The molecule has 3 nitrogen and oxygen atoms in total. The summed E-state index contributed by atoms with van der Waals surface area (Å²) < 4.78 is 0. The molecule has 0 unspecified atom stereocenters. The average Bonchev–Trinajstić information content (AvgIpc) is 2.41. The predicted molar refractivity (Wildman–Crippen MR) is 39.5 cm³/mol. The Morgan fingerprint density at radius 2 is 2.60 bits per heavy atom. The molecule has 54 valence electrons. The number of unbranched alkanes of at least 4 members (excludes halogenated alkanes) is 1. The first-order valence-corrected chi connectivity index (χ1v) is 3.58. The van der Waals surface area contributed by atoms with Gasteiger partial charge in [0.2, 0.25) is 0 Å². The Morgan fingerprint density at radius 1 is 1.70 bits per heavy atom. The molecule has 0 radical (unpaired) electrons. The zero-order chi connectivity index (χ0) is 7.23. The van der Waals surface area contributed by atoms with Crippen LogP contribution in [0.4, 0.5) is 0 Å². The van der Waals surface area contributed by atoms with Crippen LogP contribution < -0.4 is 0 Å². The highest BCUT2D eigenvalue weighted by atomic mass is 15.5. The minimum atomic E-state index is 0.645. The lowest BCUT2D eigenvalue weighted by atomic mass is 10.3. The maximum absolute atomic E-state index is 8.23. The van der Waals surface area contributed by atoms with E-state index in [2.05, 4.69) is 11.2 Å². The predicted octanol–water partition coefficient (Wildman–Crippen LogP) is 0.982. The highest BCUT2D eigenvalue weighted by molar-refractivity contribution is 5.58. The van der Waals surface area contributed by atoms with Gasteiger partial charge >= 0.3 is 0 Å². The van der Waals surface area contributed by atoms with E-state index in [0.29, 0.717) is 6.42 Å². The van der Waals surface area contributed by atoms with Crippen molar-refractivity contribution in [3.05, 3.63) is 0 Å². The zero-order valence-corrected chi connectivity index (χ0v) is 5.95. The van der Waals surface area contributed by atoms with Crippen LogP contribution in [0.1, 0.15) is 19.3 Å². The summed E-state index contributed by atoms with van der Waals surface area (Å²) in [6.07, 6.45) is 4.57. The van der Waals surface area contributed by atoms with Gasteiger partial charge in [-0.2, -0.15) is 10.4 Å². The third-order valence-electron chi connectivity index (χ3n) is 1.47. The summed E-state index contributed by atoms with van der Waals surface area (Å²) in [6, 6.07) is 2.11. The lowest BCUT2D eigenvalue weighted by molar-refractivity contribution is 0.315. The molecule has 0 fully saturated rings. The van der Waals surface area contributed by atoms with Gasteiger partial charge in [0.15, 0.2) is 0 Å². The van der Waals surface area contributed by atoms with Gasteiger partial charge in [0.25, 0.3) is 0 Å². The van der Waals surface area contributed by atoms with Gasteiger partial charge in [0.1, 0.15) is 0 Å². The summed E-state index contributed by atoms with van der Waals surface area (Å²) >= 11 is 0. The Kier molecular flexibility index (Phi) is 2.75. The van der Waals surface area contributed by atoms with E-state index >= 15 is 0 Å². The van der Waals surface area contributed by atoms with Crippen LogP contribution in [-0.4, -0.2) is 24.3 Å². The summed E-state index contributed by atoms with van der Waals surface area (Å²) in [4.78, 5) is 0. The molecule has 0 saturated carbocycles. The Bertz CT molecular complexity index is 157. The molecule has 0 N–H and O–H groups in total. The van der Waals surface area contributed by atoms with Crippen molar-refractivity contribution in [2.75, 3.05) is 13.1 Å². The highest BCUT2D eigenvalue weighted by Gasteiger charge is 2.03. The largest absolute Gasteiger partial charge is 0.297 e. The van der Waals surface area contributed by atoms with E-state index < -0.39 is 0 Å². The minimum absolute atomic E-state index is 0.645. The molecule has 0 spiro atoms. The van der Waals surface area contributed by atoms with Crippen LogP contribution in [0.15, 0.2) is 5.10 Å². The SMILES string of the molecule is N#CCCCN1CCC=N1. The molecule has 3 heteroatoms. The van der Waals surface area contributed by atoms with Crippen LogP contribution in [0.3, 0.4) is 0 Å². The van der Waals surface area contributed by atoms with Gasteiger partial charge in [-0.05, 0) is 6.42 Å². The lowest BCUT2D eigenvalue weighted by Crippen LogP contribution is -2.14. The van der Waals surface area contributed by atoms with Gasteiger partial charge in [-0.25, -0.2) is 0 Å². The molecule has 0 atom stereocenters. The molecule has 0 aromatic rings. The summed E-state index contributed by atoms with van der Waals surface area (Å²) in [5.74, 6) is 0. The first-order chi connectivity index (χ1) is 4.93. The number of hydrogen-bond donors (Lipinski definition) is 0. The van der Waals surface area contributed by atoms with E-state index in [1.54, 1.807) is 0 Å². The number of rotatable bonds is 3. The van der Waals surface area contributed by atoms with Gasteiger partial charge in [-0.15, -0.1) is 0 Å². The van der Waals surface area contributed by atoms with E-state index in [1.165, 1.54) is 0 Å². The molecular weight excluding hydrogens is 126 g/mol. The van der Waals surface area contributed by atoms with E-state index in [9.17, 15) is 0 Å². The van der Waals surface area contributed by atoms with Crippen LogP contribution in [-0.2, 0) is 0 Å². The molecule has 1 heterocycles. The fourth-order valence-electron chi connectivity index (χ4n) is 0.948. The number of nitriles is 1. The van der Waals surface area contributed by atoms with E-state index in [0.717, 1.165) is 25.9 Å². The fraction of sp³-hybridized carbons (Fsp3) is 0.714. The quantitative estimate of drug-likeness (QED) is 0.544. The number of hydrogen-bond acceptors (Lipinski definition) is 3. The molecule has 0 aliphatic carbocycles. The summed E-state index contributed by atoms with van der Waals surface area (Å²) in [5.41, 5.74) is 0. The standard InChI is InChI=1S/C7H11N3/c8-4-1-2-6-10-7-3-5-9-10/h5H,1-3,6-7H2. The molecule has 0 aromatic carbocycles. The summed E-state index contributed by atoms with van der Waals surface area (Å²) in [7, 11) is 0. The third kappa shape index (κ3) is 2.06. The maximum atomic E-state index is 8.23. The second-order valence-electron chi connectivity index (χ2n) is 2.30. The summed E-state index contributed by atoms with van der Waals surface area (Å²) in [5, 5.41) is 14.4. The Hall–Kier alpha value is -1.04. The van der Waals surface area contributed by atoms with Gasteiger partial charge in [0.05, 0.1) is 6.07 Å². The van der Waals surface area contributed by atoms with Crippen molar-refractivity contribution in [2.24, 2.45) is 5.10 Å². The van der Waals surface area contributed by atoms with Crippen LogP contribution >= 0.6 is 0 Å². The Labute approximate surface area is 60.9 Å². The minimum Gasteiger partial charge on any atom is -0.297 e. The van der Waals surface area contributed by atoms with E-state index in [-0.39, 0.29) is 0 Å². The molecule has 1 rings (SSSR count). The van der Waals surface area contributed by atoms with Crippen molar-refractivity contribution in [3.8, 4) is 6.07 Å². The molecule has 0 aromatic heterocycles. The normalized spacial score (nSPS) is 15.7. The Balaban J connectivity index is 2.03. The monoisotopic (exact) mass is 137 g/mol. The van der Waals surface area contributed by atoms with Crippen molar-refractivity contribution >= 4 is 6.21 Å². The van der Waals surface area contributed by atoms with Crippen LogP contribution in [0, 0.1) is 11.3 Å². The van der Waals surface area contributed by atoms with Crippen LogP contribution in [0.2, 0.25) is 0 Å². The first-order valence-electron chi connectivity index (χ1n) is 3.58. The molecular formula is C7H11N3. The number of nitrogens with zero attached hydrogens (tertiary/aromatic N) is 3. The van der Waals surface area contributed by atoms with Crippen molar-refractivity contribution in [3.63, 3.8) is 0 Å². The Morgan fingerprint density at radius 3 is 3.20 bits per heavy atom. The van der Waals surface area contributed by atoms with Crippen molar-refractivity contribution < 1.29 is 0 Å². The third-order valence-corrected chi connectivity index (χ3v) is 1.47. The molecule has 0 saturated heterocycles. The van der Waals surface area contributed by atoms with Gasteiger partial charge in [0, 0.05) is 32.1 Å². The molecule has 1 aliphatic rings. The topological polar surface area (TPSA) is 39.4 Å². The average molecular weight is 137 g/mol. The fourth-order valence-corrected chi connectivity index (χ4v) is 0.948. The lowest BCUT2D eigenvalue weighted by Gasteiger charge is -2.10. The smallest absolute Gasteiger partial charge is 0.0622 e. The summed E-state index contributed by atoms with van der Waals surface area (Å²) in [6.45, 7) is 1.97. The second-order valence-corrected chi connectivity index (χ2v) is 2.30.